The van der Waals surface area contributed by atoms with Crippen molar-refractivity contribution in [2.75, 3.05) is 0 Å². The van der Waals surface area contributed by atoms with Crippen LogP contribution in [-0.4, -0.2) is 11.2 Å². The van der Waals surface area contributed by atoms with Crippen LogP contribution in [0.4, 0.5) is 5.69 Å². The summed E-state index contributed by atoms with van der Waals surface area (Å²) in [5, 5.41) is 10.6. The Bertz CT molecular complexity index is 520. The number of nitro benzene ring substituents is 1. The molecule has 1 aromatic rings. The number of non-ortho nitro benzene ring substituents is 1. The second-order valence-corrected chi connectivity index (χ2v) is 5.04. The van der Waals surface area contributed by atoms with Crippen LogP contribution in [0, 0.1) is 27.9 Å². The van der Waals surface area contributed by atoms with E-state index in [1.165, 1.54) is 12.1 Å². The number of allylic oxidation sites excluding steroid dienone is 2. The van der Waals surface area contributed by atoms with Crippen molar-refractivity contribution < 1.29 is 9.72 Å². The van der Waals surface area contributed by atoms with Crippen molar-refractivity contribution in [3.05, 3.63) is 52.1 Å². The third-order valence-corrected chi connectivity index (χ3v) is 4.17. The number of benzene rings is 1. The van der Waals surface area contributed by atoms with Gasteiger partial charge in [-0.25, -0.2) is 0 Å². The van der Waals surface area contributed by atoms with E-state index in [2.05, 4.69) is 12.2 Å². The smallest absolute Gasteiger partial charge is 0.269 e. The van der Waals surface area contributed by atoms with E-state index in [0.29, 0.717) is 11.8 Å². The SMILES string of the molecule is O=C[C@@H]1[C@@H](c2ccc([N+](=O)[O-])cc2)[C@H]2C=C[C@@H]1C2. The number of hydrogen-bond acceptors (Lipinski definition) is 3. The van der Waals surface area contributed by atoms with E-state index >= 15 is 0 Å². The summed E-state index contributed by atoms with van der Waals surface area (Å²) >= 11 is 0. The predicted octanol–water partition coefficient (Wildman–Crippen LogP) is 2.70. The lowest BCUT2D eigenvalue weighted by Crippen LogP contribution is -2.18. The van der Waals surface area contributed by atoms with Gasteiger partial charge in [-0.3, -0.25) is 10.1 Å². The van der Waals surface area contributed by atoms with E-state index in [9.17, 15) is 14.9 Å². The maximum Gasteiger partial charge on any atom is 0.269 e. The molecule has 2 bridgehead atoms. The fourth-order valence-corrected chi connectivity index (χ4v) is 3.33. The summed E-state index contributed by atoms with van der Waals surface area (Å²) < 4.78 is 0. The van der Waals surface area contributed by atoms with Crippen molar-refractivity contribution in [1.29, 1.82) is 0 Å². The van der Waals surface area contributed by atoms with Gasteiger partial charge in [0.15, 0.2) is 0 Å². The molecule has 2 aliphatic carbocycles. The van der Waals surface area contributed by atoms with Gasteiger partial charge < -0.3 is 4.79 Å². The minimum absolute atomic E-state index is 0.0291. The van der Waals surface area contributed by atoms with Crippen molar-refractivity contribution >= 4 is 12.0 Å². The zero-order valence-corrected chi connectivity index (χ0v) is 9.73. The molecule has 4 atom stereocenters. The Kier molecular flexibility index (Phi) is 2.51. The van der Waals surface area contributed by atoms with E-state index in [4.69, 9.17) is 0 Å². The van der Waals surface area contributed by atoms with Gasteiger partial charge in [0.25, 0.3) is 5.69 Å². The van der Waals surface area contributed by atoms with Gasteiger partial charge in [-0.1, -0.05) is 24.3 Å². The molecular formula is C14H13NO3. The molecule has 0 heterocycles. The largest absolute Gasteiger partial charge is 0.303 e. The van der Waals surface area contributed by atoms with Crippen LogP contribution in [0.2, 0.25) is 0 Å². The molecule has 4 heteroatoms. The first-order chi connectivity index (χ1) is 8.70. The van der Waals surface area contributed by atoms with Crippen molar-refractivity contribution in [2.45, 2.75) is 12.3 Å². The minimum Gasteiger partial charge on any atom is -0.303 e. The second kappa shape index (κ2) is 4.05. The number of carbonyl (C=O) groups is 1. The molecule has 3 rings (SSSR count). The van der Waals surface area contributed by atoms with Crippen LogP contribution in [0.1, 0.15) is 17.9 Å². The monoisotopic (exact) mass is 243 g/mol. The highest BCUT2D eigenvalue weighted by atomic mass is 16.6. The average molecular weight is 243 g/mol. The number of nitro groups is 1. The van der Waals surface area contributed by atoms with Crippen LogP contribution in [0.25, 0.3) is 0 Å². The van der Waals surface area contributed by atoms with Crippen LogP contribution >= 0.6 is 0 Å². The summed E-state index contributed by atoms with van der Waals surface area (Å²) in [7, 11) is 0. The van der Waals surface area contributed by atoms with Gasteiger partial charge in [-0.15, -0.1) is 0 Å². The van der Waals surface area contributed by atoms with E-state index in [-0.39, 0.29) is 17.5 Å². The van der Waals surface area contributed by atoms with Gasteiger partial charge in [-0.2, -0.15) is 0 Å². The lowest BCUT2D eigenvalue weighted by Gasteiger charge is -2.24. The van der Waals surface area contributed by atoms with E-state index in [1.54, 1.807) is 12.1 Å². The number of hydrogen-bond donors (Lipinski definition) is 0. The van der Waals surface area contributed by atoms with Crippen molar-refractivity contribution in [1.82, 2.24) is 0 Å². The molecule has 0 N–H and O–H groups in total. The molecule has 1 saturated carbocycles. The molecule has 0 radical (unpaired) electrons. The topological polar surface area (TPSA) is 60.2 Å². The number of rotatable bonds is 3. The summed E-state index contributed by atoms with van der Waals surface area (Å²) in [6.45, 7) is 0. The minimum atomic E-state index is -0.401. The van der Waals surface area contributed by atoms with Crippen molar-refractivity contribution in [3.8, 4) is 0 Å². The van der Waals surface area contributed by atoms with E-state index in [0.717, 1.165) is 18.3 Å². The Morgan fingerprint density at radius 3 is 2.44 bits per heavy atom. The standard InChI is InChI=1S/C14H13NO3/c16-8-13-10-1-2-11(7-10)14(13)9-3-5-12(6-4-9)15(17)18/h1-6,8,10-11,13-14H,7H2/t10-,11+,13+,14+/m1/s1. The van der Waals surface area contributed by atoms with Crippen LogP contribution in [0.15, 0.2) is 36.4 Å². The number of carbonyl (C=O) groups excluding carboxylic acids is 1. The molecule has 1 aromatic carbocycles. The maximum absolute atomic E-state index is 11.2. The van der Waals surface area contributed by atoms with E-state index in [1.807, 2.05) is 0 Å². The first kappa shape index (κ1) is 11.1. The fourth-order valence-electron chi connectivity index (χ4n) is 3.33. The molecule has 4 nitrogen and oxygen atoms in total. The quantitative estimate of drug-likeness (QED) is 0.355. The summed E-state index contributed by atoms with van der Waals surface area (Å²) in [4.78, 5) is 21.4. The summed E-state index contributed by atoms with van der Waals surface area (Å²) in [5.41, 5.74) is 1.13. The molecule has 92 valence electrons. The first-order valence-electron chi connectivity index (χ1n) is 6.08. The molecule has 0 aliphatic heterocycles. The van der Waals surface area contributed by atoms with Crippen LogP contribution in [-0.2, 0) is 4.79 Å². The Morgan fingerprint density at radius 1 is 1.17 bits per heavy atom. The zero-order chi connectivity index (χ0) is 12.7. The Balaban J connectivity index is 1.92. The van der Waals surface area contributed by atoms with Crippen molar-refractivity contribution in [3.63, 3.8) is 0 Å². The highest BCUT2D eigenvalue weighted by Crippen LogP contribution is 2.52. The van der Waals surface area contributed by atoms with Gasteiger partial charge >= 0.3 is 0 Å². The summed E-state index contributed by atoms with van der Waals surface area (Å²) in [6.07, 6.45) is 6.38. The second-order valence-electron chi connectivity index (χ2n) is 5.04. The van der Waals surface area contributed by atoms with Gasteiger partial charge in [0.1, 0.15) is 6.29 Å². The molecule has 0 unspecified atom stereocenters. The Labute approximate surface area is 104 Å². The molecule has 2 aliphatic rings. The van der Waals surface area contributed by atoms with Crippen LogP contribution < -0.4 is 0 Å². The lowest BCUT2D eigenvalue weighted by atomic mass is 9.79. The molecular weight excluding hydrogens is 230 g/mol. The molecule has 18 heavy (non-hydrogen) atoms. The fraction of sp³-hybridized carbons (Fsp3) is 0.357. The lowest BCUT2D eigenvalue weighted by molar-refractivity contribution is -0.384. The van der Waals surface area contributed by atoms with Gasteiger partial charge in [0.05, 0.1) is 4.92 Å². The average Bonchev–Trinajstić information content (AvgIpc) is 2.98. The third-order valence-electron chi connectivity index (χ3n) is 4.17. The summed E-state index contributed by atoms with van der Waals surface area (Å²) in [5.74, 6) is 0.985. The highest BCUT2D eigenvalue weighted by Gasteiger charge is 2.44. The van der Waals surface area contributed by atoms with Gasteiger partial charge in [0, 0.05) is 24.0 Å². The van der Waals surface area contributed by atoms with Crippen molar-refractivity contribution in [2.24, 2.45) is 17.8 Å². The predicted molar refractivity (Wildman–Crippen MR) is 66.1 cm³/mol. The van der Waals surface area contributed by atoms with E-state index < -0.39 is 4.92 Å². The molecule has 0 amide bonds. The van der Waals surface area contributed by atoms with Gasteiger partial charge in [0.2, 0.25) is 0 Å². The number of nitrogens with zero attached hydrogens (tertiary/aromatic N) is 1. The molecule has 0 spiro atoms. The summed E-state index contributed by atoms with van der Waals surface area (Å²) in [6, 6.07) is 6.61. The highest BCUT2D eigenvalue weighted by molar-refractivity contribution is 5.60. The number of aldehydes is 1. The van der Waals surface area contributed by atoms with Crippen LogP contribution in [0.3, 0.4) is 0 Å². The third kappa shape index (κ3) is 1.56. The normalized spacial score (nSPS) is 32.7. The zero-order valence-electron chi connectivity index (χ0n) is 9.73. The van der Waals surface area contributed by atoms with Gasteiger partial charge in [-0.05, 0) is 23.8 Å². The first-order valence-corrected chi connectivity index (χ1v) is 6.08. The number of fused-ring (bicyclic) bond motifs is 2. The molecule has 0 aromatic heterocycles. The maximum atomic E-state index is 11.2. The molecule has 0 saturated heterocycles. The molecule has 1 fully saturated rings. The van der Waals surface area contributed by atoms with Crippen LogP contribution in [0.5, 0.6) is 0 Å². The Hall–Kier alpha value is -1.97. The Morgan fingerprint density at radius 2 is 1.83 bits per heavy atom.